The van der Waals surface area contributed by atoms with Gasteiger partial charge in [-0.3, -0.25) is 4.90 Å². The lowest BCUT2D eigenvalue weighted by atomic mass is 9.62. The van der Waals surface area contributed by atoms with Crippen LogP contribution in [-0.2, 0) is 5.41 Å². The first-order valence-corrected chi connectivity index (χ1v) is 9.57. The van der Waals surface area contributed by atoms with Gasteiger partial charge in [-0.15, -0.1) is 0 Å². The van der Waals surface area contributed by atoms with Gasteiger partial charge < -0.3 is 15.1 Å². The number of hydrogen-bond acceptors (Lipinski definition) is 4. The van der Waals surface area contributed by atoms with Gasteiger partial charge in [-0.05, 0) is 36.8 Å². The first kappa shape index (κ1) is 14.1. The Kier molecular flexibility index (Phi) is 2.45. The van der Waals surface area contributed by atoms with Crippen LogP contribution in [0, 0.1) is 17.8 Å². The number of piperidine rings is 4. The first-order chi connectivity index (χ1) is 11.6. The summed E-state index contributed by atoms with van der Waals surface area (Å²) in [5, 5.41) is 22.6. The van der Waals surface area contributed by atoms with E-state index in [1.807, 2.05) is 0 Å². The molecule has 4 saturated heterocycles. The number of rotatable bonds is 1. The minimum absolute atomic E-state index is 0.126. The fourth-order valence-corrected chi connectivity index (χ4v) is 7.88. The Hall–Kier alpha value is -1.10. The zero-order chi connectivity index (χ0) is 16.4. The van der Waals surface area contributed by atoms with Crippen LogP contribution in [0.25, 0.3) is 0 Å². The number of nitrogens with zero attached hydrogens (tertiary/aromatic N) is 2. The van der Waals surface area contributed by atoms with Crippen molar-refractivity contribution in [2.45, 2.75) is 62.1 Å². The maximum absolute atomic E-state index is 11.6. The van der Waals surface area contributed by atoms with Gasteiger partial charge >= 0.3 is 0 Å². The predicted molar refractivity (Wildman–Crippen MR) is 91.7 cm³/mol. The zero-order valence-corrected chi connectivity index (χ0v) is 14.3. The molecule has 6 aliphatic rings. The van der Waals surface area contributed by atoms with Gasteiger partial charge in [0, 0.05) is 42.1 Å². The molecule has 4 nitrogen and oxygen atoms in total. The summed E-state index contributed by atoms with van der Waals surface area (Å²) in [6.45, 7) is 2.19. The molecule has 5 bridgehead atoms. The molecule has 5 heterocycles. The molecule has 1 aromatic rings. The van der Waals surface area contributed by atoms with E-state index in [1.165, 1.54) is 11.3 Å². The van der Waals surface area contributed by atoms with E-state index in [9.17, 15) is 10.2 Å². The topological polar surface area (TPSA) is 46.9 Å². The molecule has 128 valence electrons. The van der Waals surface area contributed by atoms with Crippen LogP contribution in [-0.4, -0.2) is 52.6 Å². The summed E-state index contributed by atoms with van der Waals surface area (Å²) in [6.07, 6.45) is 2.56. The third-order valence-electron chi connectivity index (χ3n) is 8.46. The molecule has 5 aliphatic heterocycles. The van der Waals surface area contributed by atoms with Gasteiger partial charge in [0.15, 0.2) is 0 Å². The molecular formula is C20H26N2O2. The monoisotopic (exact) mass is 326 g/mol. The maximum Gasteiger partial charge on any atom is 0.111 e. The van der Waals surface area contributed by atoms with E-state index in [0.29, 0.717) is 35.9 Å². The van der Waals surface area contributed by atoms with Crippen LogP contribution in [0.4, 0.5) is 5.69 Å². The van der Waals surface area contributed by atoms with Crippen LogP contribution in [0.3, 0.4) is 0 Å². The average molecular weight is 326 g/mol. The summed E-state index contributed by atoms with van der Waals surface area (Å²) in [5.74, 6) is 1.14. The highest BCUT2D eigenvalue weighted by Gasteiger charge is 2.76. The number of hydrogen-bond donors (Lipinski definition) is 2. The summed E-state index contributed by atoms with van der Waals surface area (Å²) in [4.78, 5) is 4.83. The van der Waals surface area contributed by atoms with Crippen LogP contribution in [0.1, 0.15) is 31.7 Å². The number of likely N-dealkylation sites (N-methyl/N-ethyl adjacent to an activating group) is 1. The van der Waals surface area contributed by atoms with E-state index >= 15 is 0 Å². The molecule has 0 radical (unpaired) electrons. The number of para-hydroxylation sites is 1. The van der Waals surface area contributed by atoms with Gasteiger partial charge in [-0.2, -0.15) is 0 Å². The minimum atomic E-state index is -0.319. The molecule has 2 N–H and O–H groups in total. The Morgan fingerprint density at radius 1 is 1.21 bits per heavy atom. The Morgan fingerprint density at radius 3 is 2.79 bits per heavy atom. The van der Waals surface area contributed by atoms with Crippen molar-refractivity contribution in [2.24, 2.45) is 17.8 Å². The molecule has 1 aromatic carbocycles. The predicted octanol–water partition coefficient (Wildman–Crippen LogP) is 1.55. The molecule has 8 unspecified atom stereocenters. The largest absolute Gasteiger partial charge is 0.392 e. The molecule has 0 aromatic heterocycles. The fraction of sp³-hybridized carbons (Fsp3) is 0.700. The Balaban J connectivity index is 1.60. The van der Waals surface area contributed by atoms with Gasteiger partial charge in [0.05, 0.1) is 12.1 Å². The molecule has 5 fully saturated rings. The molecule has 4 heteroatoms. The van der Waals surface area contributed by atoms with E-state index in [2.05, 4.69) is 48.0 Å². The summed E-state index contributed by atoms with van der Waals surface area (Å²) in [7, 11) is 2.19. The third-order valence-corrected chi connectivity index (χ3v) is 8.46. The second kappa shape index (κ2) is 4.17. The molecule has 24 heavy (non-hydrogen) atoms. The number of aliphatic hydroxyl groups is 2. The number of fused-ring (bicyclic) bond motifs is 2. The van der Waals surface area contributed by atoms with Crippen LogP contribution >= 0.6 is 0 Å². The van der Waals surface area contributed by atoms with Crippen molar-refractivity contribution in [1.82, 2.24) is 4.90 Å². The number of aliphatic hydroxyl groups excluding tert-OH is 2. The lowest BCUT2D eigenvalue weighted by molar-refractivity contribution is -0.211. The fourth-order valence-electron chi connectivity index (χ4n) is 7.88. The van der Waals surface area contributed by atoms with Crippen molar-refractivity contribution in [3.05, 3.63) is 29.8 Å². The van der Waals surface area contributed by atoms with Crippen LogP contribution < -0.4 is 4.90 Å². The van der Waals surface area contributed by atoms with Crippen molar-refractivity contribution in [3.63, 3.8) is 0 Å². The van der Waals surface area contributed by atoms with Crippen molar-refractivity contribution in [1.29, 1.82) is 0 Å². The van der Waals surface area contributed by atoms with Crippen molar-refractivity contribution in [3.8, 4) is 0 Å². The second-order valence-electron chi connectivity index (χ2n) is 8.81. The Bertz CT molecular complexity index is 723. The Labute approximate surface area is 143 Å². The summed E-state index contributed by atoms with van der Waals surface area (Å²) >= 11 is 0. The normalized spacial score (nSPS) is 55.8. The molecule has 7 rings (SSSR count). The highest BCUT2D eigenvalue weighted by Crippen LogP contribution is 2.68. The standard InChI is InChI=1S/C20H26N2O2/c1-3-10-11-8-14-17-20(12-6-4-5-7-13(12)21(17)2)9-15(16(11)18(20)23)22(14)19(10)24/h4-7,10-11,14-19,23-24H,3,8-9H2,1-2H3/t10?,11?,14?,15?,16?,17?,18-,19+,20?/m0/s1. The Morgan fingerprint density at radius 2 is 2.00 bits per heavy atom. The first-order valence-electron chi connectivity index (χ1n) is 9.57. The average Bonchev–Trinajstić information content (AvgIpc) is 2.97. The van der Waals surface area contributed by atoms with Gasteiger partial charge in [0.2, 0.25) is 0 Å². The van der Waals surface area contributed by atoms with Crippen molar-refractivity contribution in [2.75, 3.05) is 11.9 Å². The number of benzene rings is 1. The SMILES string of the molecule is CCC1C2CC3C4N(C)c5ccccc5C45CC(C2[C@@H]5O)N3[C@@H]1O. The summed E-state index contributed by atoms with van der Waals surface area (Å²) in [6, 6.07) is 9.70. The molecule has 1 saturated carbocycles. The second-order valence-corrected chi connectivity index (χ2v) is 8.81. The van der Waals surface area contributed by atoms with E-state index in [1.54, 1.807) is 0 Å². The van der Waals surface area contributed by atoms with Gasteiger partial charge in [-0.1, -0.05) is 25.1 Å². The molecule has 0 amide bonds. The lowest BCUT2D eigenvalue weighted by Crippen LogP contribution is -2.72. The molecule has 1 spiro atoms. The summed E-state index contributed by atoms with van der Waals surface area (Å²) in [5.41, 5.74) is 2.51. The smallest absolute Gasteiger partial charge is 0.111 e. The van der Waals surface area contributed by atoms with E-state index < -0.39 is 0 Å². The molecule has 1 aliphatic carbocycles. The van der Waals surface area contributed by atoms with Crippen molar-refractivity contribution < 1.29 is 10.2 Å². The van der Waals surface area contributed by atoms with Gasteiger partial charge in [-0.25, -0.2) is 0 Å². The highest BCUT2D eigenvalue weighted by atomic mass is 16.3. The van der Waals surface area contributed by atoms with E-state index in [4.69, 9.17) is 0 Å². The van der Waals surface area contributed by atoms with E-state index in [-0.39, 0.29) is 17.7 Å². The van der Waals surface area contributed by atoms with Crippen LogP contribution in [0.2, 0.25) is 0 Å². The molecule has 10 atom stereocenters. The quantitative estimate of drug-likeness (QED) is 0.822. The van der Waals surface area contributed by atoms with Crippen LogP contribution in [0.5, 0.6) is 0 Å². The zero-order valence-electron chi connectivity index (χ0n) is 14.3. The molecular weight excluding hydrogens is 300 g/mol. The number of anilines is 1. The van der Waals surface area contributed by atoms with Crippen molar-refractivity contribution >= 4 is 5.69 Å². The highest BCUT2D eigenvalue weighted by molar-refractivity contribution is 5.67. The minimum Gasteiger partial charge on any atom is -0.392 e. The third kappa shape index (κ3) is 1.20. The van der Waals surface area contributed by atoms with Gasteiger partial charge in [0.25, 0.3) is 0 Å². The van der Waals surface area contributed by atoms with E-state index in [0.717, 1.165) is 19.3 Å². The van der Waals surface area contributed by atoms with Crippen LogP contribution in [0.15, 0.2) is 24.3 Å². The maximum atomic E-state index is 11.6. The van der Waals surface area contributed by atoms with Gasteiger partial charge in [0.1, 0.15) is 6.23 Å². The lowest BCUT2D eigenvalue weighted by Gasteiger charge is -2.62. The summed E-state index contributed by atoms with van der Waals surface area (Å²) < 4.78 is 0.